The highest BCUT2D eigenvalue weighted by Crippen LogP contribution is 2.42. The van der Waals surface area contributed by atoms with Gasteiger partial charge in [0.2, 0.25) is 0 Å². The summed E-state index contributed by atoms with van der Waals surface area (Å²) in [6.45, 7) is 3.42. The van der Waals surface area contributed by atoms with E-state index in [4.69, 9.17) is 11.6 Å². The number of benzene rings is 1. The van der Waals surface area contributed by atoms with E-state index in [-0.39, 0.29) is 11.7 Å². The van der Waals surface area contributed by atoms with Crippen LogP contribution in [0.25, 0.3) is 0 Å². The molecule has 0 aliphatic carbocycles. The van der Waals surface area contributed by atoms with E-state index in [1.54, 1.807) is 42.6 Å². The summed E-state index contributed by atoms with van der Waals surface area (Å²) >= 11 is 9.20. The number of allylic oxidation sites excluding steroid dienone is 1. The van der Waals surface area contributed by atoms with Crippen LogP contribution in [-0.2, 0) is 4.79 Å². The van der Waals surface area contributed by atoms with Gasteiger partial charge in [0.15, 0.2) is 0 Å². The molecule has 0 saturated heterocycles. The molecular weight excluding hydrogens is 348 g/mol. The molecule has 1 aliphatic rings. The molecule has 0 N–H and O–H groups in total. The number of ketones is 1. The number of nitrogens with zero attached hydrogens (tertiary/aromatic N) is 2. The number of carbonyl (C=O) groups is 1. The van der Waals surface area contributed by atoms with Gasteiger partial charge in [0.25, 0.3) is 0 Å². The molecule has 1 heterocycles. The molecule has 0 aromatic heterocycles. The zero-order valence-electron chi connectivity index (χ0n) is 13.2. The molecule has 0 radical (unpaired) electrons. The minimum absolute atomic E-state index is 0.0212. The van der Waals surface area contributed by atoms with Crippen LogP contribution in [0.1, 0.15) is 25.3 Å². The second kappa shape index (κ2) is 8.05. The third-order valence-electron chi connectivity index (χ3n) is 3.70. The van der Waals surface area contributed by atoms with Gasteiger partial charge in [0.05, 0.1) is 17.6 Å². The lowest BCUT2D eigenvalue weighted by molar-refractivity contribution is -0.119. The van der Waals surface area contributed by atoms with Gasteiger partial charge in [-0.25, -0.2) is 4.99 Å². The molecule has 1 unspecified atom stereocenters. The number of hydrogen-bond donors (Lipinski definition) is 0. The lowest BCUT2D eigenvalue weighted by Gasteiger charge is -2.30. The number of nitriles is 1. The fraction of sp³-hybridized carbons (Fsp3) is 0.353. The summed E-state index contributed by atoms with van der Waals surface area (Å²) < 4.78 is 0. The van der Waals surface area contributed by atoms with Crippen molar-refractivity contribution in [1.82, 2.24) is 0 Å². The lowest BCUT2D eigenvalue weighted by Crippen LogP contribution is -2.31. The summed E-state index contributed by atoms with van der Waals surface area (Å²) in [5, 5.41) is 11.9. The van der Waals surface area contributed by atoms with Crippen molar-refractivity contribution in [3.05, 3.63) is 45.5 Å². The highest BCUT2D eigenvalue weighted by atomic mass is 35.5. The lowest BCUT2D eigenvalue weighted by atomic mass is 9.75. The Hall–Kier alpha value is -1.22. The fourth-order valence-corrected chi connectivity index (χ4v) is 4.31. The highest BCUT2D eigenvalue weighted by Gasteiger charge is 2.37. The first-order chi connectivity index (χ1) is 11.0. The average molecular weight is 365 g/mol. The van der Waals surface area contributed by atoms with Crippen molar-refractivity contribution >= 4 is 46.6 Å². The second-order valence-electron chi connectivity index (χ2n) is 5.25. The molecule has 0 bridgehead atoms. The fourth-order valence-electron chi connectivity index (χ4n) is 2.73. The number of carbonyl (C=O) groups excluding carboxylic acids is 1. The van der Waals surface area contributed by atoms with Gasteiger partial charge in [-0.2, -0.15) is 17.0 Å². The van der Waals surface area contributed by atoms with E-state index in [2.05, 4.69) is 11.1 Å². The smallest absolute Gasteiger partial charge is 0.139 e. The van der Waals surface area contributed by atoms with Crippen LogP contribution in [0.3, 0.4) is 0 Å². The van der Waals surface area contributed by atoms with Gasteiger partial charge in [-0.3, -0.25) is 4.79 Å². The molecule has 2 atom stereocenters. The van der Waals surface area contributed by atoms with Gasteiger partial charge in [0, 0.05) is 21.7 Å². The minimum atomic E-state index is -0.399. The Morgan fingerprint density at radius 1 is 1.39 bits per heavy atom. The Labute approximate surface area is 150 Å². The Morgan fingerprint density at radius 3 is 2.57 bits per heavy atom. The van der Waals surface area contributed by atoms with E-state index in [9.17, 15) is 10.1 Å². The highest BCUT2D eigenvalue weighted by molar-refractivity contribution is 8.17. The monoisotopic (exact) mass is 364 g/mol. The van der Waals surface area contributed by atoms with Crippen molar-refractivity contribution in [3.63, 3.8) is 0 Å². The Balaban J connectivity index is 2.57. The quantitative estimate of drug-likeness (QED) is 0.698. The summed E-state index contributed by atoms with van der Waals surface area (Å²) in [5.74, 6) is -0.672. The molecule has 23 heavy (non-hydrogen) atoms. The number of hydrogen-bond acceptors (Lipinski definition) is 5. The number of rotatable bonds is 5. The van der Waals surface area contributed by atoms with Gasteiger partial charge in [-0.1, -0.05) is 35.5 Å². The number of aliphatic imine (C=N–C) groups is 1. The van der Waals surface area contributed by atoms with Crippen molar-refractivity contribution < 1.29 is 4.79 Å². The second-order valence-corrected chi connectivity index (χ2v) is 7.88. The molecule has 120 valence electrons. The molecule has 3 nitrogen and oxygen atoms in total. The maximum Gasteiger partial charge on any atom is 0.139 e. The standard InChI is InChI=1S/C17H17ClN2OS2/c1-10-15(11(2)21)16(12-4-6-13(18)7-5-12)14(8-19)17(20-10)23-9-22-3/h4-7,15-16H,9H2,1-3H3/t15?,16-/m1/s1. The largest absolute Gasteiger partial charge is 0.299 e. The molecule has 1 aromatic rings. The van der Waals surface area contributed by atoms with Crippen LogP contribution in [0.15, 0.2) is 39.9 Å². The van der Waals surface area contributed by atoms with Crippen LogP contribution >= 0.6 is 35.1 Å². The third-order valence-corrected chi connectivity index (χ3v) is 5.95. The zero-order chi connectivity index (χ0) is 17.0. The first-order valence-corrected chi connectivity index (χ1v) is 9.82. The number of Topliss-reactive ketones (excluding diaryl/α,β-unsaturated/α-hetero) is 1. The van der Waals surface area contributed by atoms with Crippen LogP contribution in [0.4, 0.5) is 0 Å². The van der Waals surface area contributed by atoms with E-state index in [0.717, 1.165) is 21.4 Å². The molecule has 0 amide bonds. The molecule has 2 rings (SSSR count). The van der Waals surface area contributed by atoms with Gasteiger partial charge in [-0.05, 0) is 37.8 Å². The molecule has 0 spiro atoms. The van der Waals surface area contributed by atoms with Crippen molar-refractivity contribution in [2.45, 2.75) is 19.8 Å². The number of halogens is 1. The van der Waals surface area contributed by atoms with E-state index in [0.29, 0.717) is 10.6 Å². The van der Waals surface area contributed by atoms with Gasteiger partial charge in [-0.15, -0.1) is 0 Å². The van der Waals surface area contributed by atoms with Gasteiger partial charge >= 0.3 is 0 Å². The van der Waals surface area contributed by atoms with E-state index >= 15 is 0 Å². The Kier molecular flexibility index (Phi) is 6.34. The molecule has 1 aromatic carbocycles. The van der Waals surface area contributed by atoms with Crippen LogP contribution in [0.5, 0.6) is 0 Å². The van der Waals surface area contributed by atoms with Crippen molar-refractivity contribution in [2.24, 2.45) is 10.9 Å². The first-order valence-electron chi connectivity index (χ1n) is 7.06. The number of thioether (sulfide) groups is 2. The van der Waals surface area contributed by atoms with Gasteiger partial charge < -0.3 is 0 Å². The predicted octanol–water partition coefficient (Wildman–Crippen LogP) is 4.89. The maximum atomic E-state index is 12.2. The summed E-state index contributed by atoms with van der Waals surface area (Å²) in [6, 6.07) is 9.64. The predicted molar refractivity (Wildman–Crippen MR) is 100 cm³/mol. The molecule has 0 fully saturated rings. The SMILES string of the molecule is CSCSC1=C(C#N)[C@@H](c2ccc(Cl)cc2)C(C(C)=O)C(C)=N1. The summed E-state index contributed by atoms with van der Waals surface area (Å²) in [6.07, 6.45) is 2.01. The topological polar surface area (TPSA) is 53.2 Å². The van der Waals surface area contributed by atoms with Crippen LogP contribution in [0, 0.1) is 17.2 Å². The molecule has 6 heteroatoms. The van der Waals surface area contributed by atoms with Crippen LogP contribution in [0.2, 0.25) is 5.02 Å². The molecular formula is C17H17ClN2OS2. The van der Waals surface area contributed by atoms with Crippen molar-refractivity contribution in [2.75, 3.05) is 11.3 Å². The summed E-state index contributed by atoms with van der Waals surface area (Å²) in [7, 11) is 0. The molecule has 1 aliphatic heterocycles. The van der Waals surface area contributed by atoms with Crippen LogP contribution in [-0.4, -0.2) is 22.8 Å². The maximum absolute atomic E-state index is 12.2. The summed E-state index contributed by atoms with van der Waals surface area (Å²) in [5.41, 5.74) is 2.25. The zero-order valence-corrected chi connectivity index (χ0v) is 15.6. The molecule has 0 saturated carbocycles. The van der Waals surface area contributed by atoms with Crippen molar-refractivity contribution in [3.8, 4) is 6.07 Å². The normalized spacial score (nSPS) is 20.9. The van der Waals surface area contributed by atoms with E-state index < -0.39 is 5.92 Å². The summed E-state index contributed by atoms with van der Waals surface area (Å²) in [4.78, 5) is 16.7. The van der Waals surface area contributed by atoms with E-state index in [1.807, 2.05) is 25.3 Å². The van der Waals surface area contributed by atoms with E-state index in [1.165, 1.54) is 0 Å². The van der Waals surface area contributed by atoms with Crippen LogP contribution < -0.4 is 0 Å². The average Bonchev–Trinajstić information content (AvgIpc) is 2.52. The Bertz CT molecular complexity index is 704. The minimum Gasteiger partial charge on any atom is -0.299 e. The Morgan fingerprint density at radius 2 is 2.04 bits per heavy atom. The van der Waals surface area contributed by atoms with Gasteiger partial charge in [0.1, 0.15) is 10.8 Å². The third kappa shape index (κ3) is 4.00. The first kappa shape index (κ1) is 18.1. The van der Waals surface area contributed by atoms with Crippen molar-refractivity contribution in [1.29, 1.82) is 5.26 Å².